The van der Waals surface area contributed by atoms with Gasteiger partial charge in [0.1, 0.15) is 0 Å². The summed E-state index contributed by atoms with van der Waals surface area (Å²) < 4.78 is 5.19. The zero-order chi connectivity index (χ0) is 18.6. The highest BCUT2D eigenvalue weighted by Gasteiger charge is 2.17. The average molecular weight is 341 g/mol. The first-order valence-corrected chi connectivity index (χ1v) is 7.99. The number of benzene rings is 1. The van der Waals surface area contributed by atoms with Crippen molar-refractivity contribution in [1.82, 2.24) is 10.3 Å². The van der Waals surface area contributed by atoms with Crippen LogP contribution in [-0.2, 0) is 16.1 Å². The monoisotopic (exact) mass is 341 g/mol. The molecule has 6 heteroatoms. The number of pyridine rings is 1. The van der Waals surface area contributed by atoms with E-state index in [2.05, 4.69) is 15.6 Å². The summed E-state index contributed by atoms with van der Waals surface area (Å²) in [5.74, 6) is -0.970. The molecule has 0 unspecified atom stereocenters. The van der Waals surface area contributed by atoms with Gasteiger partial charge in [0.2, 0.25) is 5.88 Å². The zero-order valence-corrected chi connectivity index (χ0v) is 15.2. The molecule has 0 atom stereocenters. The number of methoxy groups -OCH3 is 1. The van der Waals surface area contributed by atoms with Crippen molar-refractivity contribution >= 4 is 17.5 Å². The highest BCUT2D eigenvalue weighted by Crippen LogP contribution is 2.21. The molecule has 0 saturated heterocycles. The second-order valence-electron chi connectivity index (χ2n) is 6.03. The molecule has 2 aromatic rings. The molecule has 0 radical (unpaired) electrons. The van der Waals surface area contributed by atoms with Gasteiger partial charge in [-0.25, -0.2) is 4.98 Å². The molecule has 0 spiro atoms. The molecule has 0 aliphatic heterocycles. The van der Waals surface area contributed by atoms with Gasteiger partial charge in [-0.15, -0.1) is 0 Å². The Morgan fingerprint density at radius 1 is 1.04 bits per heavy atom. The fourth-order valence-corrected chi connectivity index (χ4v) is 2.68. The first kappa shape index (κ1) is 18.4. The standard InChI is InChI=1S/C19H23N3O3/c1-11-8-12(2)16(13(3)9-11)22-18(24)17(23)20-10-15-7-6-14(4)21-19(15)25-5/h6-9H,10H2,1-5H3,(H,20,23)(H,22,24). The van der Waals surface area contributed by atoms with Gasteiger partial charge >= 0.3 is 11.8 Å². The minimum absolute atomic E-state index is 0.161. The average Bonchev–Trinajstić information content (AvgIpc) is 2.56. The maximum Gasteiger partial charge on any atom is 0.313 e. The number of aryl methyl sites for hydroxylation is 4. The van der Waals surface area contributed by atoms with Crippen LogP contribution in [0.5, 0.6) is 5.88 Å². The Hall–Kier alpha value is -2.89. The molecule has 2 N–H and O–H groups in total. The second-order valence-corrected chi connectivity index (χ2v) is 6.03. The number of rotatable bonds is 4. The number of ether oxygens (including phenoxy) is 1. The van der Waals surface area contributed by atoms with E-state index in [0.717, 1.165) is 22.4 Å². The lowest BCUT2D eigenvalue weighted by Gasteiger charge is -2.13. The van der Waals surface area contributed by atoms with Gasteiger partial charge < -0.3 is 15.4 Å². The summed E-state index contributed by atoms with van der Waals surface area (Å²) >= 11 is 0. The van der Waals surface area contributed by atoms with E-state index in [9.17, 15) is 9.59 Å². The molecule has 0 aliphatic carbocycles. The highest BCUT2D eigenvalue weighted by atomic mass is 16.5. The van der Waals surface area contributed by atoms with Crippen LogP contribution in [0.3, 0.4) is 0 Å². The Bertz CT molecular complexity index is 793. The van der Waals surface area contributed by atoms with Crippen molar-refractivity contribution in [2.45, 2.75) is 34.2 Å². The van der Waals surface area contributed by atoms with E-state index in [1.165, 1.54) is 7.11 Å². The van der Waals surface area contributed by atoms with Crippen LogP contribution in [0.4, 0.5) is 5.69 Å². The van der Waals surface area contributed by atoms with Gasteiger partial charge in [-0.05, 0) is 44.9 Å². The van der Waals surface area contributed by atoms with E-state index in [1.54, 1.807) is 0 Å². The number of hydrogen-bond acceptors (Lipinski definition) is 4. The number of nitrogens with one attached hydrogen (secondary N) is 2. The lowest BCUT2D eigenvalue weighted by atomic mass is 10.1. The van der Waals surface area contributed by atoms with Crippen LogP contribution in [0.1, 0.15) is 27.9 Å². The number of hydrogen-bond donors (Lipinski definition) is 2. The van der Waals surface area contributed by atoms with Gasteiger partial charge in [-0.3, -0.25) is 9.59 Å². The highest BCUT2D eigenvalue weighted by molar-refractivity contribution is 6.39. The summed E-state index contributed by atoms with van der Waals surface area (Å²) in [6.45, 7) is 7.80. The van der Waals surface area contributed by atoms with Crippen LogP contribution >= 0.6 is 0 Å². The Labute approximate surface area is 147 Å². The minimum Gasteiger partial charge on any atom is -0.481 e. The molecule has 6 nitrogen and oxygen atoms in total. The molecular weight excluding hydrogens is 318 g/mol. The molecule has 2 rings (SSSR count). The number of carbonyl (C=O) groups excluding carboxylic acids is 2. The van der Waals surface area contributed by atoms with E-state index in [1.807, 2.05) is 52.0 Å². The smallest absolute Gasteiger partial charge is 0.313 e. The quantitative estimate of drug-likeness (QED) is 0.838. The Morgan fingerprint density at radius 3 is 2.28 bits per heavy atom. The van der Waals surface area contributed by atoms with Crippen molar-refractivity contribution in [2.75, 3.05) is 12.4 Å². The fraction of sp³-hybridized carbons (Fsp3) is 0.316. The van der Waals surface area contributed by atoms with Crippen molar-refractivity contribution in [3.05, 3.63) is 52.2 Å². The Kier molecular flexibility index (Phi) is 5.75. The SMILES string of the molecule is COc1nc(C)ccc1CNC(=O)C(=O)Nc1c(C)cc(C)cc1C. The maximum absolute atomic E-state index is 12.2. The number of amides is 2. The molecule has 0 fully saturated rings. The van der Waals surface area contributed by atoms with E-state index >= 15 is 0 Å². The van der Waals surface area contributed by atoms with Crippen molar-refractivity contribution in [2.24, 2.45) is 0 Å². The lowest BCUT2D eigenvalue weighted by molar-refractivity contribution is -0.136. The minimum atomic E-state index is -0.706. The third-order valence-electron chi connectivity index (χ3n) is 3.83. The summed E-state index contributed by atoms with van der Waals surface area (Å²) in [6, 6.07) is 7.56. The normalized spacial score (nSPS) is 10.3. The first-order valence-electron chi connectivity index (χ1n) is 7.99. The third kappa shape index (κ3) is 4.56. The fourth-order valence-electron chi connectivity index (χ4n) is 2.68. The number of carbonyl (C=O) groups is 2. The molecule has 1 heterocycles. The van der Waals surface area contributed by atoms with Crippen molar-refractivity contribution in [3.63, 3.8) is 0 Å². The number of aromatic nitrogens is 1. The summed E-state index contributed by atoms with van der Waals surface area (Å²) in [7, 11) is 1.52. The zero-order valence-electron chi connectivity index (χ0n) is 15.2. The molecule has 1 aromatic carbocycles. The van der Waals surface area contributed by atoms with Gasteiger partial charge in [0.25, 0.3) is 0 Å². The summed E-state index contributed by atoms with van der Waals surface area (Å²) in [5, 5.41) is 5.27. The van der Waals surface area contributed by atoms with Gasteiger partial charge in [0.15, 0.2) is 0 Å². The molecule has 0 bridgehead atoms. The van der Waals surface area contributed by atoms with E-state index in [0.29, 0.717) is 17.1 Å². The molecule has 25 heavy (non-hydrogen) atoms. The molecule has 0 aliphatic rings. The number of anilines is 1. The Balaban J connectivity index is 2.03. The third-order valence-corrected chi connectivity index (χ3v) is 3.83. The largest absolute Gasteiger partial charge is 0.481 e. The second kappa shape index (κ2) is 7.79. The van der Waals surface area contributed by atoms with Gasteiger partial charge in [0, 0.05) is 23.5 Å². The molecular formula is C19H23N3O3. The van der Waals surface area contributed by atoms with E-state index < -0.39 is 11.8 Å². The van der Waals surface area contributed by atoms with Crippen LogP contribution < -0.4 is 15.4 Å². The summed E-state index contributed by atoms with van der Waals surface area (Å²) in [6.07, 6.45) is 0. The van der Waals surface area contributed by atoms with Crippen LogP contribution in [0.25, 0.3) is 0 Å². The summed E-state index contributed by atoms with van der Waals surface area (Å²) in [5.41, 5.74) is 5.13. The van der Waals surface area contributed by atoms with Crippen molar-refractivity contribution in [3.8, 4) is 5.88 Å². The first-order chi connectivity index (χ1) is 11.8. The van der Waals surface area contributed by atoms with Gasteiger partial charge in [-0.1, -0.05) is 23.8 Å². The summed E-state index contributed by atoms with van der Waals surface area (Å²) in [4.78, 5) is 28.5. The van der Waals surface area contributed by atoms with Crippen LogP contribution in [0, 0.1) is 27.7 Å². The van der Waals surface area contributed by atoms with Crippen LogP contribution in [0.15, 0.2) is 24.3 Å². The molecule has 1 aromatic heterocycles. The van der Waals surface area contributed by atoms with Gasteiger partial charge in [-0.2, -0.15) is 0 Å². The number of nitrogens with zero attached hydrogens (tertiary/aromatic N) is 1. The Morgan fingerprint density at radius 2 is 1.68 bits per heavy atom. The van der Waals surface area contributed by atoms with Crippen molar-refractivity contribution in [1.29, 1.82) is 0 Å². The van der Waals surface area contributed by atoms with Crippen LogP contribution in [-0.4, -0.2) is 23.9 Å². The van der Waals surface area contributed by atoms with Crippen LogP contribution in [0.2, 0.25) is 0 Å². The van der Waals surface area contributed by atoms with Crippen molar-refractivity contribution < 1.29 is 14.3 Å². The predicted octanol–water partition coefficient (Wildman–Crippen LogP) is 2.58. The lowest BCUT2D eigenvalue weighted by Crippen LogP contribution is -2.35. The molecule has 0 saturated carbocycles. The predicted molar refractivity (Wildman–Crippen MR) is 96.7 cm³/mol. The van der Waals surface area contributed by atoms with Gasteiger partial charge in [0.05, 0.1) is 7.11 Å². The maximum atomic E-state index is 12.2. The molecule has 2 amide bonds. The van der Waals surface area contributed by atoms with E-state index in [-0.39, 0.29) is 6.54 Å². The molecule has 132 valence electrons. The topological polar surface area (TPSA) is 80.3 Å². The van der Waals surface area contributed by atoms with E-state index in [4.69, 9.17) is 4.74 Å².